The van der Waals surface area contributed by atoms with Crippen molar-refractivity contribution in [3.8, 4) is 11.5 Å². The molecule has 2 heterocycles. The molecule has 2 fully saturated rings. The zero-order valence-corrected chi connectivity index (χ0v) is 30.0. The van der Waals surface area contributed by atoms with E-state index >= 15 is 0 Å². The Bertz CT molecular complexity index is 1270. The Balaban J connectivity index is 0.000000929. The second-order valence-corrected chi connectivity index (χ2v) is 12.9. The molecule has 0 aromatic heterocycles. The molecule has 1 aromatic rings. The first-order valence-electron chi connectivity index (χ1n) is 17.8. The number of nitrogens with zero attached hydrogens (tertiary/aromatic N) is 1. The number of piperidine rings is 1. The van der Waals surface area contributed by atoms with Gasteiger partial charge in [0.05, 0.1) is 110 Å². The Hall–Kier alpha value is -2.90. The predicted octanol–water partition coefficient (Wildman–Crippen LogP) is 1.02. The van der Waals surface area contributed by atoms with Crippen LogP contribution in [0.1, 0.15) is 30.4 Å². The van der Waals surface area contributed by atoms with Gasteiger partial charge < -0.3 is 63.1 Å². The number of phenols is 1. The molecule has 16 heteroatoms. The zero-order valence-electron chi connectivity index (χ0n) is 30.0. The topological polar surface area (TPSA) is 201 Å². The summed E-state index contributed by atoms with van der Waals surface area (Å²) in [6.07, 6.45) is 4.12. The molecule has 4 aliphatic rings. The lowest BCUT2D eigenvalue weighted by atomic mass is 9.48. The van der Waals surface area contributed by atoms with Crippen LogP contribution in [0, 0.1) is 0 Å². The molecule has 1 saturated heterocycles. The second kappa shape index (κ2) is 21.1. The van der Waals surface area contributed by atoms with E-state index in [4.69, 9.17) is 62.4 Å². The van der Waals surface area contributed by atoms with Crippen LogP contribution >= 0.6 is 0 Å². The molecule has 4 N–H and O–H groups in total. The highest BCUT2D eigenvalue weighted by molar-refractivity contribution is 6.27. The van der Waals surface area contributed by atoms with Crippen LogP contribution in [0.4, 0.5) is 0 Å². The first kappa shape index (κ1) is 41.9. The van der Waals surface area contributed by atoms with Crippen LogP contribution in [0.15, 0.2) is 24.8 Å². The number of aromatic hydroxyl groups is 1. The Kier molecular flexibility index (Phi) is 17.0. The maximum atomic E-state index is 12.4. The second-order valence-electron chi connectivity index (χ2n) is 12.9. The number of carboxylic acids is 2. The van der Waals surface area contributed by atoms with Gasteiger partial charge in [0.15, 0.2) is 11.5 Å². The molecule has 0 amide bonds. The average Bonchev–Trinajstić information content (AvgIpc) is 3.48. The minimum absolute atomic E-state index is 0.0238. The molecule has 2 bridgehead atoms. The van der Waals surface area contributed by atoms with Crippen molar-refractivity contribution in [2.24, 2.45) is 0 Å². The molecule has 1 spiro atoms. The van der Waals surface area contributed by atoms with Crippen molar-refractivity contribution in [1.82, 2.24) is 4.90 Å². The zero-order chi connectivity index (χ0) is 37.4. The van der Waals surface area contributed by atoms with Gasteiger partial charge in [-0.3, -0.25) is 4.90 Å². The minimum Gasteiger partial charge on any atom is -0.504 e. The molecule has 2 aliphatic carbocycles. The smallest absolute Gasteiger partial charge is 0.414 e. The summed E-state index contributed by atoms with van der Waals surface area (Å²) in [5, 5.41) is 37.9. The van der Waals surface area contributed by atoms with Gasteiger partial charge in [-0.2, -0.15) is 0 Å². The van der Waals surface area contributed by atoms with Crippen LogP contribution in [0.2, 0.25) is 0 Å². The van der Waals surface area contributed by atoms with E-state index in [2.05, 4.69) is 11.5 Å². The van der Waals surface area contributed by atoms with Crippen LogP contribution in [-0.4, -0.2) is 174 Å². The molecule has 2 aliphatic heterocycles. The normalized spacial score (nSPS) is 25.5. The third kappa shape index (κ3) is 10.2. The van der Waals surface area contributed by atoms with Crippen molar-refractivity contribution in [3.05, 3.63) is 35.9 Å². The summed E-state index contributed by atoms with van der Waals surface area (Å²) in [6.45, 7) is 12.6. The van der Waals surface area contributed by atoms with E-state index in [0.717, 1.165) is 37.1 Å². The SMILES string of the molecule is C=CCN1CC[C@]23c4c5ccc(O)c4OC2C(OCCOCCOCCOCCOCCOCCOCCOC)CC[C@@]3(O)C1C5.O=C(O)C(=O)O. The van der Waals surface area contributed by atoms with Crippen molar-refractivity contribution < 1.29 is 72.6 Å². The fourth-order valence-electron chi connectivity index (χ4n) is 7.74. The van der Waals surface area contributed by atoms with Crippen molar-refractivity contribution in [3.63, 3.8) is 0 Å². The van der Waals surface area contributed by atoms with Gasteiger partial charge in [0.1, 0.15) is 6.10 Å². The third-order valence-electron chi connectivity index (χ3n) is 9.92. The number of likely N-dealkylation sites (tertiary alicyclic amines) is 1. The third-order valence-corrected chi connectivity index (χ3v) is 9.92. The lowest BCUT2D eigenvalue weighted by Gasteiger charge is -2.64. The number of rotatable bonds is 24. The molecule has 16 nitrogen and oxygen atoms in total. The number of benzene rings is 1. The summed E-state index contributed by atoms with van der Waals surface area (Å²) in [6, 6.07) is 3.69. The van der Waals surface area contributed by atoms with E-state index < -0.39 is 23.0 Å². The largest absolute Gasteiger partial charge is 0.504 e. The Morgan fingerprint density at radius 2 is 1.37 bits per heavy atom. The first-order valence-corrected chi connectivity index (χ1v) is 17.8. The molecule has 5 rings (SSSR count). The number of methoxy groups -OCH3 is 1. The fourth-order valence-corrected chi connectivity index (χ4v) is 7.74. The predicted molar refractivity (Wildman–Crippen MR) is 184 cm³/mol. The van der Waals surface area contributed by atoms with Gasteiger partial charge in [0.25, 0.3) is 0 Å². The molecule has 1 aromatic carbocycles. The van der Waals surface area contributed by atoms with Crippen LogP contribution in [0.3, 0.4) is 0 Å². The molecule has 294 valence electrons. The van der Waals surface area contributed by atoms with Crippen molar-refractivity contribution in [1.29, 1.82) is 0 Å². The molecular formula is C36H55NO15. The van der Waals surface area contributed by atoms with Crippen LogP contribution < -0.4 is 4.74 Å². The highest BCUT2D eigenvalue weighted by atomic mass is 16.6. The standard InChI is InChI=1S/C34H53NO11.C2H2O4/c1-3-9-35-10-8-33-30-26-4-5-27(36)31(30)46-32(33)28(6-7-34(33,37)29(35)25-26)45-24-23-44-22-21-43-20-19-42-18-17-41-16-15-40-14-13-39-12-11-38-2;3-1(4)2(5)6/h3-5,28-29,32,36-37H,1,6-25H2,2H3;(H,3,4)(H,5,6)/t28?,29?,32?,33-,34+;/m0./s1. The number of hydrogen-bond acceptors (Lipinski definition) is 14. The van der Waals surface area contributed by atoms with Crippen molar-refractivity contribution in [2.45, 2.75) is 54.9 Å². The van der Waals surface area contributed by atoms with Crippen LogP contribution in [0.25, 0.3) is 0 Å². The number of hydrogen-bond donors (Lipinski definition) is 4. The number of aliphatic hydroxyl groups is 1. The summed E-state index contributed by atoms with van der Waals surface area (Å²) in [4.78, 5) is 20.6. The van der Waals surface area contributed by atoms with Crippen molar-refractivity contribution >= 4 is 11.9 Å². The number of ether oxygens (including phenoxy) is 9. The number of aliphatic carboxylic acids is 2. The van der Waals surface area contributed by atoms with E-state index in [1.54, 1.807) is 13.2 Å². The van der Waals surface area contributed by atoms with E-state index in [-0.39, 0.29) is 24.0 Å². The number of phenolic OH excluding ortho intramolecular Hbond substituents is 1. The lowest BCUT2D eigenvalue weighted by molar-refractivity contribution is -0.215. The fraction of sp³-hybridized carbons (Fsp3) is 0.722. The summed E-state index contributed by atoms with van der Waals surface area (Å²) in [5.41, 5.74) is 0.592. The molecule has 5 atom stereocenters. The average molecular weight is 742 g/mol. The van der Waals surface area contributed by atoms with Gasteiger partial charge >= 0.3 is 11.9 Å². The van der Waals surface area contributed by atoms with Gasteiger partial charge in [-0.05, 0) is 43.9 Å². The monoisotopic (exact) mass is 741 g/mol. The Labute approximate surface area is 304 Å². The van der Waals surface area contributed by atoms with Crippen LogP contribution in [0.5, 0.6) is 11.5 Å². The summed E-state index contributed by atoms with van der Waals surface area (Å²) >= 11 is 0. The maximum absolute atomic E-state index is 12.4. The van der Waals surface area contributed by atoms with Gasteiger partial charge in [0, 0.05) is 25.3 Å². The lowest BCUT2D eigenvalue weighted by Crippen LogP contribution is -2.77. The van der Waals surface area contributed by atoms with Gasteiger partial charge in [-0.15, -0.1) is 6.58 Å². The Morgan fingerprint density at radius 1 is 0.846 bits per heavy atom. The highest BCUT2D eigenvalue weighted by Crippen LogP contribution is 2.65. The molecular weight excluding hydrogens is 686 g/mol. The van der Waals surface area contributed by atoms with Gasteiger partial charge in [-0.25, -0.2) is 9.59 Å². The quantitative estimate of drug-likeness (QED) is 0.0664. The highest BCUT2D eigenvalue weighted by Gasteiger charge is 2.73. The van der Waals surface area contributed by atoms with Crippen molar-refractivity contribution in [2.75, 3.05) is 113 Å². The van der Waals surface area contributed by atoms with Gasteiger partial charge in [-0.1, -0.05) is 12.1 Å². The first-order chi connectivity index (χ1) is 25.2. The van der Waals surface area contributed by atoms with E-state index in [9.17, 15) is 10.2 Å². The van der Waals surface area contributed by atoms with Gasteiger partial charge in [0.2, 0.25) is 0 Å². The van der Waals surface area contributed by atoms with Crippen LogP contribution in [-0.2, 0) is 59.3 Å². The van der Waals surface area contributed by atoms with E-state index in [1.807, 2.05) is 12.1 Å². The Morgan fingerprint density at radius 3 is 1.87 bits per heavy atom. The summed E-state index contributed by atoms with van der Waals surface area (Å²) < 4.78 is 50.9. The number of carbonyl (C=O) groups is 2. The number of carboxylic acid groups (broad SMARTS) is 2. The molecule has 1 saturated carbocycles. The van der Waals surface area contributed by atoms with E-state index in [1.165, 1.54) is 0 Å². The summed E-state index contributed by atoms with van der Waals surface area (Å²) in [7, 11) is 1.65. The molecule has 0 radical (unpaired) electrons. The molecule has 3 unspecified atom stereocenters. The van der Waals surface area contributed by atoms with E-state index in [0.29, 0.717) is 111 Å². The molecule has 52 heavy (non-hydrogen) atoms. The minimum atomic E-state index is -1.82. The maximum Gasteiger partial charge on any atom is 0.414 e. The summed E-state index contributed by atoms with van der Waals surface area (Å²) in [5.74, 6) is -2.99.